The summed E-state index contributed by atoms with van der Waals surface area (Å²) in [6.45, 7) is 0. The molecule has 1 amide bonds. The summed E-state index contributed by atoms with van der Waals surface area (Å²) in [4.78, 5) is 16.5. The first-order chi connectivity index (χ1) is 14.2. The predicted octanol–water partition coefficient (Wildman–Crippen LogP) is 5.36. The van der Waals surface area contributed by atoms with E-state index >= 15 is 0 Å². The van der Waals surface area contributed by atoms with Crippen molar-refractivity contribution in [1.29, 1.82) is 0 Å². The molecule has 2 N–H and O–H groups in total. The maximum Gasteiger partial charge on any atom is 0.225 e. The van der Waals surface area contributed by atoms with Gasteiger partial charge in [-0.2, -0.15) is 5.10 Å². The van der Waals surface area contributed by atoms with Crippen LogP contribution < -0.4 is 5.32 Å². The maximum atomic E-state index is 12.3. The Bertz CT molecular complexity index is 1110. The Labute approximate surface area is 173 Å². The third kappa shape index (κ3) is 4.70. The first-order valence-corrected chi connectivity index (χ1v) is 9.66. The van der Waals surface area contributed by atoms with Crippen LogP contribution in [0.25, 0.3) is 22.4 Å². The molecule has 0 aliphatic rings. The summed E-state index contributed by atoms with van der Waals surface area (Å²) in [5, 5.41) is 10.8. The molecule has 2 heterocycles. The molecular formula is C23H19ClN4O. The van der Waals surface area contributed by atoms with Crippen molar-refractivity contribution < 1.29 is 4.79 Å². The lowest BCUT2D eigenvalue weighted by Crippen LogP contribution is -2.12. The number of nitrogens with zero attached hydrogens (tertiary/aromatic N) is 2. The van der Waals surface area contributed by atoms with E-state index in [4.69, 9.17) is 11.6 Å². The van der Waals surface area contributed by atoms with Crippen LogP contribution in [-0.2, 0) is 11.2 Å². The number of nitrogens with one attached hydrogen (secondary N) is 2. The number of pyridine rings is 1. The second-order valence-corrected chi connectivity index (χ2v) is 7.07. The molecule has 144 valence electrons. The Morgan fingerprint density at radius 1 is 1.00 bits per heavy atom. The zero-order chi connectivity index (χ0) is 20.1. The quantitative estimate of drug-likeness (QED) is 0.456. The molecule has 0 aliphatic carbocycles. The lowest BCUT2D eigenvalue weighted by molar-refractivity contribution is -0.116. The molecule has 0 aliphatic heterocycles. The Morgan fingerprint density at radius 3 is 2.59 bits per heavy atom. The average Bonchev–Trinajstić information content (AvgIpc) is 3.22. The van der Waals surface area contributed by atoms with E-state index in [2.05, 4.69) is 20.5 Å². The fourth-order valence-corrected chi connectivity index (χ4v) is 3.24. The number of aromatic amines is 1. The van der Waals surface area contributed by atoms with E-state index in [1.54, 1.807) is 6.20 Å². The van der Waals surface area contributed by atoms with Gasteiger partial charge in [0.1, 0.15) is 5.82 Å². The van der Waals surface area contributed by atoms with E-state index in [1.807, 2.05) is 72.9 Å². The van der Waals surface area contributed by atoms with Crippen molar-refractivity contribution in [2.75, 3.05) is 5.32 Å². The number of aryl methyl sites for hydroxylation is 1. The SMILES string of the molecule is O=C(CCc1ccc(Cl)cc1)Nc1cc(-c2ccncc2-c2ccccc2)n[nH]1. The predicted molar refractivity (Wildman–Crippen MR) is 116 cm³/mol. The topological polar surface area (TPSA) is 70.7 Å². The summed E-state index contributed by atoms with van der Waals surface area (Å²) in [5.41, 5.74) is 4.81. The summed E-state index contributed by atoms with van der Waals surface area (Å²) >= 11 is 5.89. The van der Waals surface area contributed by atoms with Crippen molar-refractivity contribution in [3.63, 3.8) is 0 Å². The normalized spacial score (nSPS) is 10.7. The van der Waals surface area contributed by atoms with Crippen LogP contribution in [0.2, 0.25) is 5.02 Å². The van der Waals surface area contributed by atoms with Crippen LogP contribution in [0, 0.1) is 0 Å². The van der Waals surface area contributed by atoms with Crippen LogP contribution in [0.1, 0.15) is 12.0 Å². The van der Waals surface area contributed by atoms with Crippen LogP contribution in [0.3, 0.4) is 0 Å². The number of amides is 1. The van der Waals surface area contributed by atoms with Crippen molar-refractivity contribution in [2.24, 2.45) is 0 Å². The number of rotatable bonds is 6. The number of benzene rings is 2. The number of carbonyl (C=O) groups excluding carboxylic acids is 1. The molecule has 2 aromatic carbocycles. The van der Waals surface area contributed by atoms with Gasteiger partial charge in [-0.1, -0.05) is 54.1 Å². The van der Waals surface area contributed by atoms with E-state index in [9.17, 15) is 4.79 Å². The number of hydrogen-bond acceptors (Lipinski definition) is 3. The summed E-state index contributed by atoms with van der Waals surface area (Å²) in [7, 11) is 0. The third-order valence-electron chi connectivity index (χ3n) is 4.59. The van der Waals surface area contributed by atoms with Gasteiger partial charge < -0.3 is 5.32 Å². The molecule has 0 fully saturated rings. The molecule has 0 saturated carbocycles. The standard InChI is InChI=1S/C23H19ClN4O/c24-18-9-6-16(7-10-18)8-11-23(29)26-22-14-21(27-28-22)19-12-13-25-15-20(19)17-4-2-1-3-5-17/h1-7,9-10,12-15H,8,11H2,(H2,26,27,28,29). The highest BCUT2D eigenvalue weighted by Crippen LogP contribution is 2.30. The molecular weight excluding hydrogens is 384 g/mol. The highest BCUT2D eigenvalue weighted by Gasteiger charge is 2.12. The van der Waals surface area contributed by atoms with Crippen molar-refractivity contribution in [3.8, 4) is 22.4 Å². The molecule has 0 saturated heterocycles. The van der Waals surface area contributed by atoms with E-state index in [0.717, 1.165) is 27.9 Å². The molecule has 4 rings (SSSR count). The Morgan fingerprint density at radius 2 is 1.79 bits per heavy atom. The molecule has 5 nitrogen and oxygen atoms in total. The molecule has 0 unspecified atom stereocenters. The second-order valence-electron chi connectivity index (χ2n) is 6.63. The Hall–Kier alpha value is -3.44. The largest absolute Gasteiger partial charge is 0.311 e. The fourth-order valence-electron chi connectivity index (χ4n) is 3.11. The molecule has 6 heteroatoms. The molecule has 0 spiro atoms. The summed E-state index contributed by atoms with van der Waals surface area (Å²) in [5.74, 6) is 0.491. The van der Waals surface area contributed by atoms with Crippen LogP contribution in [0.15, 0.2) is 79.1 Å². The van der Waals surface area contributed by atoms with Crippen LogP contribution in [-0.4, -0.2) is 21.1 Å². The number of carbonyl (C=O) groups is 1. The Balaban J connectivity index is 1.45. The average molecular weight is 403 g/mol. The zero-order valence-corrected chi connectivity index (χ0v) is 16.4. The van der Waals surface area contributed by atoms with Gasteiger partial charge in [-0.05, 0) is 35.7 Å². The number of hydrogen-bond donors (Lipinski definition) is 2. The minimum absolute atomic E-state index is 0.0758. The van der Waals surface area contributed by atoms with E-state index in [1.165, 1.54) is 0 Å². The van der Waals surface area contributed by atoms with Gasteiger partial charge in [-0.3, -0.25) is 14.9 Å². The van der Waals surface area contributed by atoms with Crippen molar-refractivity contribution in [2.45, 2.75) is 12.8 Å². The van der Waals surface area contributed by atoms with Crippen LogP contribution in [0.5, 0.6) is 0 Å². The first kappa shape index (κ1) is 18.9. The molecule has 0 atom stereocenters. The first-order valence-electron chi connectivity index (χ1n) is 9.28. The van der Waals surface area contributed by atoms with Crippen LogP contribution >= 0.6 is 11.6 Å². The van der Waals surface area contributed by atoms with Gasteiger partial charge in [0, 0.05) is 41.0 Å². The summed E-state index contributed by atoms with van der Waals surface area (Å²) < 4.78 is 0. The molecule has 2 aromatic heterocycles. The lowest BCUT2D eigenvalue weighted by Gasteiger charge is -2.06. The van der Waals surface area contributed by atoms with Gasteiger partial charge in [-0.25, -0.2) is 0 Å². The molecule has 4 aromatic rings. The van der Waals surface area contributed by atoms with Crippen molar-refractivity contribution in [1.82, 2.24) is 15.2 Å². The van der Waals surface area contributed by atoms with E-state index in [-0.39, 0.29) is 5.91 Å². The van der Waals surface area contributed by atoms with Gasteiger partial charge in [0.2, 0.25) is 5.91 Å². The number of aromatic nitrogens is 3. The smallest absolute Gasteiger partial charge is 0.225 e. The zero-order valence-electron chi connectivity index (χ0n) is 15.6. The van der Waals surface area contributed by atoms with Gasteiger partial charge >= 0.3 is 0 Å². The van der Waals surface area contributed by atoms with Gasteiger partial charge in [0.05, 0.1) is 5.69 Å². The van der Waals surface area contributed by atoms with E-state index < -0.39 is 0 Å². The minimum Gasteiger partial charge on any atom is -0.311 e. The summed E-state index contributed by atoms with van der Waals surface area (Å²) in [6, 6.07) is 21.3. The monoisotopic (exact) mass is 402 g/mol. The number of anilines is 1. The fraction of sp³-hybridized carbons (Fsp3) is 0.0870. The lowest BCUT2D eigenvalue weighted by atomic mass is 10.0. The van der Waals surface area contributed by atoms with Gasteiger partial charge in [-0.15, -0.1) is 0 Å². The molecule has 0 bridgehead atoms. The van der Waals surface area contributed by atoms with Gasteiger partial charge in [0.25, 0.3) is 0 Å². The highest BCUT2D eigenvalue weighted by molar-refractivity contribution is 6.30. The maximum absolute atomic E-state index is 12.3. The second kappa shape index (κ2) is 8.71. The molecule has 0 radical (unpaired) electrons. The number of H-pyrrole nitrogens is 1. The highest BCUT2D eigenvalue weighted by atomic mass is 35.5. The van der Waals surface area contributed by atoms with Crippen molar-refractivity contribution >= 4 is 23.3 Å². The molecule has 29 heavy (non-hydrogen) atoms. The Kier molecular flexibility index (Phi) is 5.68. The van der Waals surface area contributed by atoms with Crippen LogP contribution in [0.4, 0.5) is 5.82 Å². The van der Waals surface area contributed by atoms with E-state index in [0.29, 0.717) is 23.7 Å². The minimum atomic E-state index is -0.0758. The summed E-state index contributed by atoms with van der Waals surface area (Å²) in [6.07, 6.45) is 4.58. The van der Waals surface area contributed by atoms with Gasteiger partial charge in [0.15, 0.2) is 0 Å². The van der Waals surface area contributed by atoms with Crippen molar-refractivity contribution in [3.05, 3.63) is 89.7 Å². The number of halogens is 1. The third-order valence-corrected chi connectivity index (χ3v) is 4.84.